The zero-order chi connectivity index (χ0) is 14.8. The van der Waals surface area contributed by atoms with Crippen molar-refractivity contribution in [2.75, 3.05) is 0 Å². The van der Waals surface area contributed by atoms with Crippen molar-refractivity contribution in [1.82, 2.24) is 9.97 Å². The highest BCUT2D eigenvalue weighted by atomic mass is 16.4. The number of benzene rings is 1. The third-order valence-electron chi connectivity index (χ3n) is 3.34. The Labute approximate surface area is 122 Å². The number of hydrogen-bond acceptors (Lipinski definition) is 3. The Kier molecular flexibility index (Phi) is 3.36. The maximum Gasteiger partial charge on any atom is 0.335 e. The summed E-state index contributed by atoms with van der Waals surface area (Å²) in [4.78, 5) is 19.7. The highest BCUT2D eigenvalue weighted by Crippen LogP contribution is 2.17. The lowest BCUT2D eigenvalue weighted by Crippen LogP contribution is -2.00. The van der Waals surface area contributed by atoms with Gasteiger partial charge in [-0.3, -0.25) is 9.97 Å². The molecule has 104 valence electrons. The summed E-state index contributed by atoms with van der Waals surface area (Å²) in [6, 6.07) is 13.2. The molecule has 4 heteroatoms. The average molecular weight is 278 g/mol. The molecule has 0 fully saturated rings. The van der Waals surface area contributed by atoms with Gasteiger partial charge in [-0.2, -0.15) is 0 Å². The molecular formula is C17H14N2O2. The molecule has 4 nitrogen and oxygen atoms in total. The van der Waals surface area contributed by atoms with Gasteiger partial charge in [0.05, 0.1) is 11.1 Å². The molecule has 0 aliphatic carbocycles. The maximum atomic E-state index is 11.0. The van der Waals surface area contributed by atoms with Crippen LogP contribution in [0.15, 0.2) is 48.7 Å². The minimum atomic E-state index is -0.933. The van der Waals surface area contributed by atoms with E-state index in [0.29, 0.717) is 6.42 Å². The van der Waals surface area contributed by atoms with Gasteiger partial charge in [-0.15, -0.1) is 0 Å². The third kappa shape index (κ3) is 2.89. The SMILES string of the molecule is Cc1ccc2cc(Cc3cc(C(=O)O)ccn3)ccc2n1. The first-order chi connectivity index (χ1) is 10.1. The second-order valence-corrected chi connectivity index (χ2v) is 5.00. The van der Waals surface area contributed by atoms with Crippen LogP contribution in [0.25, 0.3) is 10.9 Å². The minimum Gasteiger partial charge on any atom is -0.478 e. The maximum absolute atomic E-state index is 11.0. The van der Waals surface area contributed by atoms with E-state index in [0.717, 1.165) is 27.9 Å². The molecule has 21 heavy (non-hydrogen) atoms. The summed E-state index contributed by atoms with van der Waals surface area (Å²) in [5, 5.41) is 10.1. The molecule has 0 radical (unpaired) electrons. The lowest BCUT2D eigenvalue weighted by Gasteiger charge is -2.05. The van der Waals surface area contributed by atoms with Gasteiger partial charge in [-0.25, -0.2) is 4.79 Å². The van der Waals surface area contributed by atoms with Crippen LogP contribution in [0.4, 0.5) is 0 Å². The summed E-state index contributed by atoms with van der Waals surface area (Å²) in [6.07, 6.45) is 2.13. The van der Waals surface area contributed by atoms with Crippen molar-refractivity contribution in [2.24, 2.45) is 0 Å². The van der Waals surface area contributed by atoms with Crippen LogP contribution in [0, 0.1) is 6.92 Å². The monoisotopic (exact) mass is 278 g/mol. The van der Waals surface area contributed by atoms with Crippen molar-refractivity contribution < 1.29 is 9.90 Å². The Hall–Kier alpha value is -2.75. The van der Waals surface area contributed by atoms with Crippen LogP contribution in [0.1, 0.15) is 27.3 Å². The van der Waals surface area contributed by atoms with Crippen molar-refractivity contribution >= 4 is 16.9 Å². The first-order valence-electron chi connectivity index (χ1n) is 6.66. The van der Waals surface area contributed by atoms with E-state index >= 15 is 0 Å². The van der Waals surface area contributed by atoms with E-state index in [9.17, 15) is 4.79 Å². The van der Waals surface area contributed by atoms with Crippen LogP contribution >= 0.6 is 0 Å². The number of carboxylic acid groups (broad SMARTS) is 1. The molecule has 0 spiro atoms. The molecule has 0 atom stereocenters. The van der Waals surface area contributed by atoms with E-state index in [-0.39, 0.29) is 5.56 Å². The zero-order valence-electron chi connectivity index (χ0n) is 11.6. The van der Waals surface area contributed by atoms with Crippen LogP contribution in [0.3, 0.4) is 0 Å². The summed E-state index contributed by atoms with van der Waals surface area (Å²) in [5.41, 5.74) is 4.05. The van der Waals surface area contributed by atoms with E-state index < -0.39 is 5.97 Å². The molecule has 2 aromatic heterocycles. The molecule has 0 aliphatic rings. The van der Waals surface area contributed by atoms with Gasteiger partial charge in [0.25, 0.3) is 0 Å². The van der Waals surface area contributed by atoms with Gasteiger partial charge in [-0.05, 0) is 42.8 Å². The highest BCUT2D eigenvalue weighted by Gasteiger charge is 2.06. The van der Waals surface area contributed by atoms with Crippen molar-refractivity contribution in [2.45, 2.75) is 13.3 Å². The first kappa shape index (κ1) is 13.2. The van der Waals surface area contributed by atoms with Crippen molar-refractivity contribution in [3.05, 3.63) is 71.2 Å². The lowest BCUT2D eigenvalue weighted by atomic mass is 10.0. The van der Waals surface area contributed by atoms with E-state index in [1.807, 2.05) is 31.2 Å². The molecule has 0 saturated heterocycles. The molecule has 3 aromatic rings. The number of rotatable bonds is 3. The minimum absolute atomic E-state index is 0.262. The van der Waals surface area contributed by atoms with Gasteiger partial charge >= 0.3 is 5.97 Å². The number of pyridine rings is 2. The normalized spacial score (nSPS) is 10.7. The summed E-state index contributed by atoms with van der Waals surface area (Å²) in [7, 11) is 0. The standard InChI is InChI=1S/C17H14N2O2/c1-11-2-4-13-8-12(3-5-16(13)19-11)9-15-10-14(17(20)21)6-7-18-15/h2-8,10H,9H2,1H3,(H,20,21). The predicted octanol–water partition coefficient (Wildman–Crippen LogP) is 3.23. The number of aromatic nitrogens is 2. The van der Waals surface area contributed by atoms with Crippen molar-refractivity contribution in [3.63, 3.8) is 0 Å². The molecule has 0 aliphatic heterocycles. The predicted molar refractivity (Wildman–Crippen MR) is 80.5 cm³/mol. The third-order valence-corrected chi connectivity index (χ3v) is 3.34. The lowest BCUT2D eigenvalue weighted by molar-refractivity contribution is 0.0696. The molecule has 2 heterocycles. The summed E-state index contributed by atoms with van der Waals surface area (Å²) in [5.74, 6) is -0.933. The molecule has 0 bridgehead atoms. The van der Waals surface area contributed by atoms with Gasteiger partial charge in [-0.1, -0.05) is 12.1 Å². The Bertz CT molecular complexity index is 828. The Morgan fingerprint density at radius 2 is 2.00 bits per heavy atom. The van der Waals surface area contributed by atoms with E-state index in [1.165, 1.54) is 12.3 Å². The first-order valence-corrected chi connectivity index (χ1v) is 6.66. The average Bonchev–Trinajstić information content (AvgIpc) is 2.48. The number of fused-ring (bicyclic) bond motifs is 1. The largest absolute Gasteiger partial charge is 0.478 e. The van der Waals surface area contributed by atoms with E-state index in [1.54, 1.807) is 6.07 Å². The number of nitrogens with zero attached hydrogens (tertiary/aromatic N) is 2. The summed E-state index contributed by atoms with van der Waals surface area (Å²) in [6.45, 7) is 1.97. The van der Waals surface area contributed by atoms with E-state index in [4.69, 9.17) is 5.11 Å². The summed E-state index contributed by atoms with van der Waals surface area (Å²) < 4.78 is 0. The molecule has 0 saturated carbocycles. The number of aryl methyl sites for hydroxylation is 1. The number of carboxylic acids is 1. The van der Waals surface area contributed by atoms with Crippen molar-refractivity contribution in [3.8, 4) is 0 Å². The Morgan fingerprint density at radius 3 is 2.81 bits per heavy atom. The van der Waals surface area contributed by atoms with Crippen LogP contribution in [0.5, 0.6) is 0 Å². The Morgan fingerprint density at radius 1 is 1.14 bits per heavy atom. The van der Waals surface area contributed by atoms with Crippen LogP contribution < -0.4 is 0 Å². The van der Waals surface area contributed by atoms with Gasteiger partial charge in [0.2, 0.25) is 0 Å². The highest BCUT2D eigenvalue weighted by molar-refractivity contribution is 5.87. The quantitative estimate of drug-likeness (QED) is 0.799. The van der Waals surface area contributed by atoms with Gasteiger partial charge in [0, 0.05) is 29.4 Å². The number of hydrogen-bond donors (Lipinski definition) is 1. The zero-order valence-corrected chi connectivity index (χ0v) is 11.6. The number of carbonyl (C=O) groups is 1. The fourth-order valence-electron chi connectivity index (χ4n) is 2.30. The smallest absolute Gasteiger partial charge is 0.335 e. The topological polar surface area (TPSA) is 63.1 Å². The molecular weight excluding hydrogens is 264 g/mol. The van der Waals surface area contributed by atoms with Crippen LogP contribution in [0.2, 0.25) is 0 Å². The molecule has 0 amide bonds. The van der Waals surface area contributed by atoms with Gasteiger partial charge in [0.1, 0.15) is 0 Å². The van der Waals surface area contributed by atoms with E-state index in [2.05, 4.69) is 16.0 Å². The second kappa shape index (κ2) is 5.32. The van der Waals surface area contributed by atoms with Crippen LogP contribution in [-0.2, 0) is 6.42 Å². The van der Waals surface area contributed by atoms with Gasteiger partial charge < -0.3 is 5.11 Å². The molecule has 3 rings (SSSR count). The van der Waals surface area contributed by atoms with Crippen LogP contribution in [-0.4, -0.2) is 21.0 Å². The van der Waals surface area contributed by atoms with Crippen molar-refractivity contribution in [1.29, 1.82) is 0 Å². The molecule has 0 unspecified atom stereocenters. The number of aromatic carboxylic acids is 1. The van der Waals surface area contributed by atoms with Gasteiger partial charge in [0.15, 0.2) is 0 Å². The molecule has 1 N–H and O–H groups in total. The fourth-order valence-corrected chi connectivity index (χ4v) is 2.30. The second-order valence-electron chi connectivity index (χ2n) is 5.00. The molecule has 1 aromatic carbocycles. The Balaban J connectivity index is 1.92. The fraction of sp³-hybridized carbons (Fsp3) is 0.118. The summed E-state index contributed by atoms with van der Waals surface area (Å²) >= 11 is 0.